The fourth-order valence-corrected chi connectivity index (χ4v) is 2.15. The number of aromatic nitrogens is 3. The lowest BCUT2D eigenvalue weighted by Crippen LogP contribution is -2.33. The largest absolute Gasteiger partial charge is 0.489 e. The molecule has 0 aliphatic rings. The molecule has 8 heteroatoms. The second-order valence-electron chi connectivity index (χ2n) is 5.71. The van der Waals surface area contributed by atoms with E-state index in [2.05, 4.69) is 23.8 Å². The van der Waals surface area contributed by atoms with Gasteiger partial charge in [0.15, 0.2) is 11.4 Å². The molecule has 2 heterocycles. The normalized spacial score (nSPS) is 10.5. The minimum atomic E-state index is -1.17. The molecule has 2 rings (SSSR count). The van der Waals surface area contributed by atoms with Gasteiger partial charge in [-0.15, -0.1) is 0 Å². The summed E-state index contributed by atoms with van der Waals surface area (Å²) >= 11 is 0. The van der Waals surface area contributed by atoms with Gasteiger partial charge < -0.3 is 14.6 Å². The summed E-state index contributed by atoms with van der Waals surface area (Å²) in [6, 6.07) is 2.84. The number of nitrogens with zero attached hydrogens (tertiary/aromatic N) is 3. The van der Waals surface area contributed by atoms with Crippen LogP contribution in [0.1, 0.15) is 50.0 Å². The number of ether oxygens (including phenoxy) is 2. The van der Waals surface area contributed by atoms with Crippen LogP contribution in [-0.2, 0) is 0 Å². The van der Waals surface area contributed by atoms with Crippen LogP contribution in [0, 0.1) is 0 Å². The molecule has 0 aliphatic heterocycles. The van der Waals surface area contributed by atoms with Crippen molar-refractivity contribution >= 4 is 5.97 Å². The third kappa shape index (κ3) is 5.05. The predicted octanol–water partition coefficient (Wildman–Crippen LogP) is 2.72. The van der Waals surface area contributed by atoms with Gasteiger partial charge in [0.1, 0.15) is 0 Å². The van der Waals surface area contributed by atoms with Gasteiger partial charge in [0.25, 0.3) is 6.20 Å². The van der Waals surface area contributed by atoms with Crippen LogP contribution < -0.4 is 14.2 Å². The topological polar surface area (TPSA) is 106 Å². The molecule has 0 atom stereocenters. The number of rotatable bonds is 10. The first-order chi connectivity index (χ1) is 12.6. The summed E-state index contributed by atoms with van der Waals surface area (Å²) in [7, 11) is 0. The van der Waals surface area contributed by atoms with E-state index in [1.165, 1.54) is 18.5 Å². The summed E-state index contributed by atoms with van der Waals surface area (Å²) in [4.78, 5) is 19.1. The third-order valence-corrected chi connectivity index (χ3v) is 3.61. The van der Waals surface area contributed by atoms with Gasteiger partial charge in [-0.3, -0.25) is 5.21 Å². The number of carboxylic acid groups (broad SMARTS) is 1. The fraction of sp³-hybridized carbons (Fsp3) is 0.444. The van der Waals surface area contributed by atoms with Crippen molar-refractivity contribution in [1.82, 2.24) is 9.97 Å². The summed E-state index contributed by atoms with van der Waals surface area (Å²) in [5.74, 6) is -0.223. The van der Waals surface area contributed by atoms with Gasteiger partial charge in [-0.2, -0.15) is 0 Å². The van der Waals surface area contributed by atoms with E-state index in [0.717, 1.165) is 30.4 Å². The van der Waals surface area contributed by atoms with Gasteiger partial charge in [0, 0.05) is 10.9 Å². The fourth-order valence-electron chi connectivity index (χ4n) is 2.15. The Bertz CT molecular complexity index is 752. The first-order valence-corrected chi connectivity index (χ1v) is 8.68. The van der Waals surface area contributed by atoms with Gasteiger partial charge in [-0.1, -0.05) is 26.7 Å². The van der Waals surface area contributed by atoms with E-state index in [0.29, 0.717) is 24.7 Å². The van der Waals surface area contributed by atoms with E-state index in [1.54, 1.807) is 6.07 Å². The van der Waals surface area contributed by atoms with E-state index in [1.807, 2.05) is 0 Å². The van der Waals surface area contributed by atoms with Crippen LogP contribution in [0.2, 0.25) is 0 Å². The van der Waals surface area contributed by atoms with Crippen molar-refractivity contribution in [2.45, 2.75) is 39.5 Å². The molecule has 2 aromatic rings. The standard InChI is InChI=1S/C18H23N3O5/c1-3-5-9-25-15-11-14(17-19-8-7-13(20-17)18(22)23)21(24)12-16(15)26-10-6-4-2/h7-8,11-12H,3-6,9-10H2,1-2H3,(H-,19,20,22,23,24)/p+1. The van der Waals surface area contributed by atoms with Crippen molar-refractivity contribution in [3.05, 3.63) is 30.2 Å². The quantitative estimate of drug-likeness (QED) is 0.380. The first-order valence-electron chi connectivity index (χ1n) is 8.68. The maximum absolute atomic E-state index is 11.1. The average Bonchev–Trinajstić information content (AvgIpc) is 2.63. The Morgan fingerprint density at radius 2 is 1.81 bits per heavy atom. The number of carbonyl (C=O) groups is 1. The molecule has 0 saturated heterocycles. The highest BCUT2D eigenvalue weighted by Gasteiger charge is 2.24. The van der Waals surface area contributed by atoms with Crippen LogP contribution >= 0.6 is 0 Å². The van der Waals surface area contributed by atoms with E-state index in [9.17, 15) is 10.0 Å². The van der Waals surface area contributed by atoms with Crippen LogP contribution in [0.4, 0.5) is 0 Å². The average molecular weight is 362 g/mol. The Hall–Kier alpha value is -2.90. The van der Waals surface area contributed by atoms with Crippen LogP contribution in [-0.4, -0.2) is 39.5 Å². The van der Waals surface area contributed by atoms with Gasteiger partial charge in [0.2, 0.25) is 11.6 Å². The van der Waals surface area contributed by atoms with Crippen molar-refractivity contribution in [1.29, 1.82) is 0 Å². The first kappa shape index (κ1) is 19.4. The molecule has 8 nitrogen and oxygen atoms in total. The summed E-state index contributed by atoms with van der Waals surface area (Å²) in [6.07, 6.45) is 6.43. The molecular formula is C18H24N3O5+. The Morgan fingerprint density at radius 3 is 2.42 bits per heavy atom. The number of carboxylic acids is 1. The lowest BCUT2D eigenvalue weighted by atomic mass is 10.3. The molecule has 0 aliphatic carbocycles. The molecule has 0 spiro atoms. The van der Waals surface area contributed by atoms with E-state index >= 15 is 0 Å². The molecule has 0 saturated carbocycles. The van der Waals surface area contributed by atoms with Crippen molar-refractivity contribution in [3.8, 4) is 23.0 Å². The summed E-state index contributed by atoms with van der Waals surface area (Å²) in [5, 5.41) is 19.4. The lowest BCUT2D eigenvalue weighted by Gasteiger charge is -2.11. The predicted molar refractivity (Wildman–Crippen MR) is 92.6 cm³/mol. The van der Waals surface area contributed by atoms with E-state index in [-0.39, 0.29) is 17.2 Å². The zero-order valence-corrected chi connectivity index (χ0v) is 15.0. The molecule has 26 heavy (non-hydrogen) atoms. The second-order valence-corrected chi connectivity index (χ2v) is 5.71. The number of hydrogen-bond acceptors (Lipinski definition) is 6. The SMILES string of the molecule is CCCCOc1cc(-c2nccc(C(=O)O)n2)[n+](O)cc1OCCCC. The van der Waals surface area contributed by atoms with Crippen molar-refractivity contribution in [2.24, 2.45) is 0 Å². The van der Waals surface area contributed by atoms with Gasteiger partial charge in [-0.05, 0) is 18.9 Å². The zero-order chi connectivity index (χ0) is 18.9. The molecule has 0 bridgehead atoms. The van der Waals surface area contributed by atoms with Crippen LogP contribution in [0.15, 0.2) is 24.5 Å². The zero-order valence-electron chi connectivity index (χ0n) is 15.0. The third-order valence-electron chi connectivity index (χ3n) is 3.61. The highest BCUT2D eigenvalue weighted by atomic mass is 16.5. The van der Waals surface area contributed by atoms with Crippen molar-refractivity contribution in [2.75, 3.05) is 13.2 Å². The Labute approximate surface area is 152 Å². The number of hydrogen-bond donors (Lipinski definition) is 2. The highest BCUT2D eigenvalue weighted by molar-refractivity contribution is 5.85. The van der Waals surface area contributed by atoms with Crippen LogP contribution in [0.3, 0.4) is 0 Å². The van der Waals surface area contributed by atoms with Gasteiger partial charge in [-0.25, -0.2) is 14.8 Å². The molecule has 2 aromatic heterocycles. The second kappa shape index (κ2) is 9.55. The Kier molecular flexibility index (Phi) is 7.13. The van der Waals surface area contributed by atoms with Crippen molar-refractivity contribution in [3.63, 3.8) is 0 Å². The molecule has 140 valence electrons. The van der Waals surface area contributed by atoms with Gasteiger partial charge >= 0.3 is 11.7 Å². The van der Waals surface area contributed by atoms with Crippen LogP contribution in [0.25, 0.3) is 11.5 Å². The van der Waals surface area contributed by atoms with E-state index < -0.39 is 5.97 Å². The smallest absolute Gasteiger partial charge is 0.354 e. The van der Waals surface area contributed by atoms with Gasteiger partial charge in [0.05, 0.1) is 19.3 Å². The highest BCUT2D eigenvalue weighted by Crippen LogP contribution is 2.29. The molecule has 0 amide bonds. The summed E-state index contributed by atoms with van der Waals surface area (Å²) in [5.41, 5.74) is 0.0502. The number of aromatic carboxylic acids is 1. The molecule has 0 unspecified atom stereocenters. The summed E-state index contributed by atoms with van der Waals surface area (Å²) < 4.78 is 12.3. The minimum absolute atomic E-state index is 0.0767. The molecule has 0 fully saturated rings. The lowest BCUT2D eigenvalue weighted by molar-refractivity contribution is -0.896. The number of pyridine rings is 1. The number of unbranched alkanes of at least 4 members (excludes halogenated alkanes) is 2. The van der Waals surface area contributed by atoms with Crippen LogP contribution in [0.5, 0.6) is 11.5 Å². The molecule has 2 N–H and O–H groups in total. The minimum Gasteiger partial charge on any atom is -0.489 e. The Morgan fingerprint density at radius 1 is 1.15 bits per heavy atom. The molecule has 0 radical (unpaired) electrons. The summed E-state index contributed by atoms with van der Waals surface area (Å²) in [6.45, 7) is 5.13. The maximum atomic E-state index is 11.1. The molecule has 0 aromatic carbocycles. The molecular weight excluding hydrogens is 338 g/mol. The van der Waals surface area contributed by atoms with Crippen molar-refractivity contribution < 1.29 is 29.3 Å². The monoisotopic (exact) mass is 362 g/mol. The van der Waals surface area contributed by atoms with E-state index in [4.69, 9.17) is 14.6 Å². The maximum Gasteiger partial charge on any atom is 0.354 e. The Balaban J connectivity index is 2.38.